The fourth-order valence-corrected chi connectivity index (χ4v) is 2.35. The van der Waals surface area contributed by atoms with Gasteiger partial charge in [0, 0.05) is 18.8 Å². The minimum Gasteiger partial charge on any atom is -0.466 e. The normalized spacial score (nSPS) is 16.7. The number of rotatable bonds is 4. The molecule has 1 aromatic rings. The van der Waals surface area contributed by atoms with Crippen molar-refractivity contribution in [1.82, 2.24) is 0 Å². The Kier molecular flexibility index (Phi) is 4.24. The van der Waals surface area contributed by atoms with E-state index in [1.54, 1.807) is 0 Å². The van der Waals surface area contributed by atoms with Gasteiger partial charge in [0.25, 0.3) is 0 Å². The van der Waals surface area contributed by atoms with E-state index in [2.05, 4.69) is 17.0 Å². The number of carbonyl (C=O) groups excluding carboxylic acids is 1. The van der Waals surface area contributed by atoms with E-state index in [1.807, 2.05) is 26.0 Å². The SMILES string of the molecule is CCOC(=O)C(C)c1ccc(N2CCCC2)cc1. The van der Waals surface area contributed by atoms with E-state index in [-0.39, 0.29) is 11.9 Å². The predicted octanol–water partition coefficient (Wildman–Crippen LogP) is 2.95. The molecular weight excluding hydrogens is 226 g/mol. The van der Waals surface area contributed by atoms with Crippen molar-refractivity contribution in [2.24, 2.45) is 0 Å². The lowest BCUT2D eigenvalue weighted by atomic mass is 10.0. The molecule has 0 saturated carbocycles. The molecule has 0 spiro atoms. The summed E-state index contributed by atoms with van der Waals surface area (Å²) in [5, 5.41) is 0. The van der Waals surface area contributed by atoms with Gasteiger partial charge in [0.2, 0.25) is 0 Å². The van der Waals surface area contributed by atoms with Crippen LogP contribution in [0.25, 0.3) is 0 Å². The van der Waals surface area contributed by atoms with E-state index in [4.69, 9.17) is 4.74 Å². The van der Waals surface area contributed by atoms with Gasteiger partial charge in [-0.25, -0.2) is 0 Å². The third kappa shape index (κ3) is 2.84. The van der Waals surface area contributed by atoms with E-state index < -0.39 is 0 Å². The van der Waals surface area contributed by atoms with Crippen LogP contribution in [0.2, 0.25) is 0 Å². The molecule has 1 atom stereocenters. The largest absolute Gasteiger partial charge is 0.466 e. The summed E-state index contributed by atoms with van der Waals surface area (Å²) in [5.41, 5.74) is 2.28. The van der Waals surface area contributed by atoms with Crippen LogP contribution in [0, 0.1) is 0 Å². The first kappa shape index (κ1) is 12.9. The van der Waals surface area contributed by atoms with E-state index in [0.717, 1.165) is 18.7 Å². The lowest BCUT2D eigenvalue weighted by Gasteiger charge is -2.18. The van der Waals surface area contributed by atoms with E-state index >= 15 is 0 Å². The summed E-state index contributed by atoms with van der Waals surface area (Å²) in [7, 11) is 0. The van der Waals surface area contributed by atoms with Crippen LogP contribution in [0.3, 0.4) is 0 Å². The first-order valence-corrected chi connectivity index (χ1v) is 6.74. The molecule has 0 aliphatic carbocycles. The number of benzene rings is 1. The third-order valence-electron chi connectivity index (χ3n) is 3.50. The maximum absolute atomic E-state index is 11.7. The van der Waals surface area contributed by atoms with Crippen molar-refractivity contribution in [1.29, 1.82) is 0 Å². The van der Waals surface area contributed by atoms with Crippen molar-refractivity contribution < 1.29 is 9.53 Å². The van der Waals surface area contributed by atoms with Crippen LogP contribution in [0.1, 0.15) is 38.2 Å². The number of anilines is 1. The summed E-state index contributed by atoms with van der Waals surface area (Å²) in [5.74, 6) is -0.330. The van der Waals surface area contributed by atoms with Gasteiger partial charge in [-0.2, -0.15) is 0 Å². The van der Waals surface area contributed by atoms with Gasteiger partial charge < -0.3 is 9.64 Å². The Morgan fingerprint density at radius 1 is 1.28 bits per heavy atom. The van der Waals surface area contributed by atoms with E-state index in [0.29, 0.717) is 6.61 Å². The van der Waals surface area contributed by atoms with Gasteiger partial charge in [0.15, 0.2) is 0 Å². The number of esters is 1. The maximum atomic E-state index is 11.7. The van der Waals surface area contributed by atoms with Gasteiger partial charge in [-0.3, -0.25) is 4.79 Å². The molecule has 1 aromatic carbocycles. The highest BCUT2D eigenvalue weighted by molar-refractivity contribution is 5.77. The Labute approximate surface area is 109 Å². The Bertz CT molecular complexity index is 393. The van der Waals surface area contributed by atoms with Crippen LogP contribution in [0.15, 0.2) is 24.3 Å². The zero-order valence-electron chi connectivity index (χ0n) is 11.2. The van der Waals surface area contributed by atoms with E-state index in [9.17, 15) is 4.79 Å². The Balaban J connectivity index is 2.04. The molecule has 0 bridgehead atoms. The van der Waals surface area contributed by atoms with Crippen LogP contribution in [0.5, 0.6) is 0 Å². The minimum absolute atomic E-state index is 0.147. The standard InChI is InChI=1S/C15H21NO2/c1-3-18-15(17)12(2)13-6-8-14(9-7-13)16-10-4-5-11-16/h6-9,12H,3-5,10-11H2,1-2H3. The summed E-state index contributed by atoms with van der Waals surface area (Å²) >= 11 is 0. The molecule has 1 saturated heterocycles. The average Bonchev–Trinajstić information content (AvgIpc) is 2.92. The average molecular weight is 247 g/mol. The van der Waals surface area contributed by atoms with Gasteiger partial charge >= 0.3 is 5.97 Å². The first-order chi connectivity index (χ1) is 8.72. The van der Waals surface area contributed by atoms with Gasteiger partial charge in [-0.15, -0.1) is 0 Å². The lowest BCUT2D eigenvalue weighted by molar-refractivity contribution is -0.144. The summed E-state index contributed by atoms with van der Waals surface area (Å²) in [6.45, 7) is 6.46. The molecule has 1 aliphatic rings. The molecule has 0 amide bonds. The summed E-state index contributed by atoms with van der Waals surface area (Å²) in [4.78, 5) is 14.0. The van der Waals surface area contributed by atoms with Crippen LogP contribution < -0.4 is 4.90 Å². The van der Waals surface area contributed by atoms with Crippen molar-refractivity contribution in [3.05, 3.63) is 29.8 Å². The summed E-state index contributed by atoms with van der Waals surface area (Å²) in [6.07, 6.45) is 2.56. The Morgan fingerprint density at radius 3 is 2.44 bits per heavy atom. The molecule has 98 valence electrons. The second-order valence-corrected chi connectivity index (χ2v) is 4.76. The molecule has 1 unspecified atom stereocenters. The summed E-state index contributed by atoms with van der Waals surface area (Å²) in [6, 6.07) is 8.29. The predicted molar refractivity (Wildman–Crippen MR) is 72.9 cm³/mol. The van der Waals surface area contributed by atoms with Crippen molar-refractivity contribution in [3.8, 4) is 0 Å². The zero-order valence-corrected chi connectivity index (χ0v) is 11.2. The molecule has 0 aromatic heterocycles. The summed E-state index contributed by atoms with van der Waals surface area (Å²) < 4.78 is 5.04. The van der Waals surface area contributed by atoms with Gasteiger partial charge in [0.05, 0.1) is 12.5 Å². The molecule has 1 fully saturated rings. The topological polar surface area (TPSA) is 29.5 Å². The van der Waals surface area contributed by atoms with Crippen LogP contribution in [-0.2, 0) is 9.53 Å². The molecular formula is C15H21NO2. The fourth-order valence-electron chi connectivity index (χ4n) is 2.35. The minimum atomic E-state index is -0.183. The quantitative estimate of drug-likeness (QED) is 0.766. The van der Waals surface area contributed by atoms with Crippen molar-refractivity contribution in [2.45, 2.75) is 32.6 Å². The number of carbonyl (C=O) groups is 1. The number of nitrogens with zero attached hydrogens (tertiary/aromatic N) is 1. The Morgan fingerprint density at radius 2 is 1.89 bits per heavy atom. The van der Waals surface area contributed by atoms with Crippen LogP contribution in [0.4, 0.5) is 5.69 Å². The van der Waals surface area contributed by atoms with Crippen LogP contribution >= 0.6 is 0 Å². The maximum Gasteiger partial charge on any atom is 0.313 e. The fraction of sp³-hybridized carbons (Fsp3) is 0.533. The highest BCUT2D eigenvalue weighted by atomic mass is 16.5. The highest BCUT2D eigenvalue weighted by Crippen LogP contribution is 2.24. The van der Waals surface area contributed by atoms with Gasteiger partial charge in [-0.05, 0) is 44.4 Å². The molecule has 3 nitrogen and oxygen atoms in total. The number of hydrogen-bond donors (Lipinski definition) is 0. The van der Waals surface area contributed by atoms with E-state index in [1.165, 1.54) is 18.5 Å². The molecule has 0 N–H and O–H groups in total. The van der Waals surface area contributed by atoms with Gasteiger partial charge in [0.1, 0.15) is 0 Å². The molecule has 2 rings (SSSR count). The second-order valence-electron chi connectivity index (χ2n) is 4.76. The number of ether oxygens (including phenoxy) is 1. The lowest BCUT2D eigenvalue weighted by Crippen LogP contribution is -2.18. The molecule has 18 heavy (non-hydrogen) atoms. The molecule has 3 heteroatoms. The first-order valence-electron chi connectivity index (χ1n) is 6.74. The monoisotopic (exact) mass is 247 g/mol. The molecule has 0 radical (unpaired) electrons. The van der Waals surface area contributed by atoms with Crippen LogP contribution in [-0.4, -0.2) is 25.7 Å². The van der Waals surface area contributed by atoms with Crippen molar-refractivity contribution in [3.63, 3.8) is 0 Å². The second kappa shape index (κ2) is 5.89. The third-order valence-corrected chi connectivity index (χ3v) is 3.50. The highest BCUT2D eigenvalue weighted by Gasteiger charge is 2.17. The smallest absolute Gasteiger partial charge is 0.313 e. The zero-order chi connectivity index (χ0) is 13.0. The van der Waals surface area contributed by atoms with Gasteiger partial charge in [-0.1, -0.05) is 12.1 Å². The molecule has 1 aliphatic heterocycles. The van der Waals surface area contributed by atoms with Crippen molar-refractivity contribution in [2.75, 3.05) is 24.6 Å². The Hall–Kier alpha value is -1.51. The number of hydrogen-bond acceptors (Lipinski definition) is 3. The van der Waals surface area contributed by atoms with Crippen molar-refractivity contribution >= 4 is 11.7 Å². The molecule has 1 heterocycles.